The minimum absolute atomic E-state index is 0.0147. The number of ether oxygens (including phenoxy) is 1. The van der Waals surface area contributed by atoms with Crippen LogP contribution in [0.3, 0.4) is 0 Å². The number of carboxylic acids is 1. The zero-order valence-electron chi connectivity index (χ0n) is 12.3. The summed E-state index contributed by atoms with van der Waals surface area (Å²) in [6, 6.07) is 6.30. The van der Waals surface area contributed by atoms with Crippen LogP contribution in [0.2, 0.25) is 0 Å². The number of hydrogen-bond acceptors (Lipinski definition) is 5. The van der Waals surface area contributed by atoms with E-state index in [0.717, 1.165) is 5.75 Å². The molecule has 0 aliphatic heterocycles. The molecule has 0 radical (unpaired) electrons. The van der Waals surface area contributed by atoms with Gasteiger partial charge in [0.1, 0.15) is 11.8 Å². The number of hydrogen-bond donors (Lipinski definition) is 2. The number of aliphatic carboxylic acids is 1. The lowest BCUT2D eigenvalue weighted by Gasteiger charge is -2.13. The number of methoxy groups -OCH3 is 1. The van der Waals surface area contributed by atoms with Gasteiger partial charge in [0.05, 0.1) is 7.11 Å². The Labute approximate surface area is 129 Å². The van der Waals surface area contributed by atoms with Crippen molar-refractivity contribution in [1.29, 1.82) is 0 Å². The zero-order valence-corrected chi connectivity index (χ0v) is 13.1. The van der Waals surface area contributed by atoms with Gasteiger partial charge in [0, 0.05) is 18.5 Å². The van der Waals surface area contributed by atoms with Crippen molar-refractivity contribution in [1.82, 2.24) is 5.32 Å². The van der Waals surface area contributed by atoms with Crippen LogP contribution in [0.15, 0.2) is 24.3 Å². The monoisotopic (exact) mass is 311 g/mol. The summed E-state index contributed by atoms with van der Waals surface area (Å²) >= 11 is 1.61. The number of Topliss-reactive ketones (excluding diaryl/α,β-unsaturated/α-hetero) is 1. The van der Waals surface area contributed by atoms with Crippen molar-refractivity contribution in [2.75, 3.05) is 25.7 Å². The van der Waals surface area contributed by atoms with Crippen LogP contribution >= 0.6 is 11.8 Å². The second-order valence-electron chi connectivity index (χ2n) is 4.53. The fraction of sp³-hybridized carbons (Fsp3) is 0.467. The summed E-state index contributed by atoms with van der Waals surface area (Å²) in [5.74, 6) is 0.587. The maximum absolute atomic E-state index is 12.0. The lowest BCUT2D eigenvalue weighted by Crippen LogP contribution is -2.38. The van der Waals surface area contributed by atoms with Crippen molar-refractivity contribution < 1.29 is 19.4 Å². The molecule has 0 aliphatic rings. The maximum Gasteiger partial charge on any atom is 0.320 e. The molecule has 0 heterocycles. The molecule has 116 valence electrons. The normalized spacial score (nSPS) is 11.9. The highest BCUT2D eigenvalue weighted by Crippen LogP contribution is 2.12. The fourth-order valence-corrected chi connectivity index (χ4v) is 2.30. The van der Waals surface area contributed by atoms with Gasteiger partial charge in [0.25, 0.3) is 0 Å². The number of carbonyl (C=O) groups excluding carboxylic acids is 1. The highest BCUT2D eigenvalue weighted by Gasteiger charge is 2.16. The van der Waals surface area contributed by atoms with E-state index in [-0.39, 0.29) is 12.2 Å². The smallest absolute Gasteiger partial charge is 0.320 e. The second-order valence-corrected chi connectivity index (χ2v) is 5.51. The third-order valence-corrected chi connectivity index (χ3v) is 3.71. The summed E-state index contributed by atoms with van der Waals surface area (Å²) in [5.41, 5.74) is 0.605. The van der Waals surface area contributed by atoms with E-state index >= 15 is 0 Å². The van der Waals surface area contributed by atoms with Crippen molar-refractivity contribution in [3.05, 3.63) is 29.8 Å². The lowest BCUT2D eigenvalue weighted by atomic mass is 10.1. The molecule has 0 saturated heterocycles. The van der Waals surface area contributed by atoms with Gasteiger partial charge in [-0.05, 0) is 42.7 Å². The Kier molecular flexibility index (Phi) is 7.85. The van der Waals surface area contributed by atoms with Crippen molar-refractivity contribution in [2.45, 2.75) is 18.9 Å². The van der Waals surface area contributed by atoms with E-state index in [9.17, 15) is 9.59 Å². The first-order valence-electron chi connectivity index (χ1n) is 6.71. The summed E-state index contributed by atoms with van der Waals surface area (Å²) in [4.78, 5) is 23.0. The predicted octanol–water partition coefficient (Wildman–Crippen LogP) is 2.06. The molecule has 1 rings (SSSR count). The van der Waals surface area contributed by atoms with E-state index in [1.807, 2.05) is 6.26 Å². The Bertz CT molecular complexity index is 461. The third kappa shape index (κ3) is 6.18. The van der Waals surface area contributed by atoms with E-state index in [4.69, 9.17) is 9.84 Å². The van der Waals surface area contributed by atoms with Gasteiger partial charge in [-0.1, -0.05) is 0 Å². The lowest BCUT2D eigenvalue weighted by molar-refractivity contribution is -0.139. The van der Waals surface area contributed by atoms with Gasteiger partial charge < -0.3 is 15.2 Å². The van der Waals surface area contributed by atoms with Crippen LogP contribution in [0.4, 0.5) is 0 Å². The summed E-state index contributed by atoms with van der Waals surface area (Å²) in [5, 5.41) is 12.0. The topological polar surface area (TPSA) is 75.6 Å². The highest BCUT2D eigenvalue weighted by molar-refractivity contribution is 7.98. The maximum atomic E-state index is 12.0. The molecule has 21 heavy (non-hydrogen) atoms. The Balaban J connectivity index is 2.42. The number of rotatable bonds is 10. The molecule has 0 aromatic heterocycles. The molecule has 0 amide bonds. The first-order valence-corrected chi connectivity index (χ1v) is 8.10. The largest absolute Gasteiger partial charge is 0.497 e. The van der Waals surface area contributed by atoms with Crippen LogP contribution in [0.5, 0.6) is 5.75 Å². The van der Waals surface area contributed by atoms with Gasteiger partial charge in [0.15, 0.2) is 5.78 Å². The number of carboxylic acid groups (broad SMARTS) is 1. The third-order valence-electron chi connectivity index (χ3n) is 3.06. The Morgan fingerprint density at radius 2 is 2.00 bits per heavy atom. The van der Waals surface area contributed by atoms with Crippen molar-refractivity contribution in [3.63, 3.8) is 0 Å². The second kappa shape index (κ2) is 9.41. The van der Waals surface area contributed by atoms with Gasteiger partial charge >= 0.3 is 5.97 Å². The Morgan fingerprint density at radius 1 is 1.33 bits per heavy atom. The van der Waals surface area contributed by atoms with Gasteiger partial charge in [-0.25, -0.2) is 0 Å². The number of thioether (sulfide) groups is 1. The molecular weight excluding hydrogens is 290 g/mol. The van der Waals surface area contributed by atoms with Crippen LogP contribution in [0.25, 0.3) is 0 Å². The van der Waals surface area contributed by atoms with E-state index in [1.54, 1.807) is 43.1 Å². The molecule has 2 N–H and O–H groups in total. The average Bonchev–Trinajstić information content (AvgIpc) is 2.50. The van der Waals surface area contributed by atoms with E-state index in [2.05, 4.69) is 5.32 Å². The first kappa shape index (κ1) is 17.5. The van der Waals surface area contributed by atoms with Gasteiger partial charge in [0.2, 0.25) is 0 Å². The summed E-state index contributed by atoms with van der Waals surface area (Å²) in [7, 11) is 1.57. The highest BCUT2D eigenvalue weighted by atomic mass is 32.2. The molecule has 5 nitrogen and oxygen atoms in total. The van der Waals surface area contributed by atoms with Crippen LogP contribution in [-0.2, 0) is 4.79 Å². The van der Waals surface area contributed by atoms with Crippen LogP contribution in [0.1, 0.15) is 23.2 Å². The summed E-state index contributed by atoms with van der Waals surface area (Å²) < 4.78 is 5.03. The van der Waals surface area contributed by atoms with Crippen LogP contribution in [0, 0.1) is 0 Å². The summed E-state index contributed by atoms with van der Waals surface area (Å²) in [6.45, 7) is 0.357. The molecule has 1 aromatic rings. The SMILES string of the molecule is COc1ccc(C(=O)CCN[C@@H](CCSC)C(=O)O)cc1. The Morgan fingerprint density at radius 3 is 2.52 bits per heavy atom. The molecular formula is C15H21NO4S. The molecule has 1 atom stereocenters. The minimum atomic E-state index is -0.874. The van der Waals surface area contributed by atoms with Crippen LogP contribution in [-0.4, -0.2) is 48.6 Å². The van der Waals surface area contributed by atoms with Gasteiger partial charge in [-0.15, -0.1) is 0 Å². The van der Waals surface area contributed by atoms with Crippen molar-refractivity contribution >= 4 is 23.5 Å². The standard InChI is InChI=1S/C15H21NO4S/c1-20-12-5-3-11(4-6-12)14(17)7-9-16-13(15(18)19)8-10-21-2/h3-6,13,16H,7-10H2,1-2H3,(H,18,19)/t13-/m0/s1. The molecule has 6 heteroatoms. The number of ketones is 1. The quantitative estimate of drug-likeness (QED) is 0.644. The molecule has 0 aliphatic carbocycles. The molecule has 0 spiro atoms. The zero-order chi connectivity index (χ0) is 15.7. The van der Waals surface area contributed by atoms with Crippen molar-refractivity contribution in [3.8, 4) is 5.75 Å². The number of benzene rings is 1. The van der Waals surface area contributed by atoms with E-state index in [0.29, 0.717) is 24.3 Å². The van der Waals surface area contributed by atoms with Gasteiger partial charge in [-0.3, -0.25) is 9.59 Å². The van der Waals surface area contributed by atoms with E-state index < -0.39 is 12.0 Å². The number of nitrogens with one attached hydrogen (secondary N) is 1. The predicted molar refractivity (Wildman–Crippen MR) is 84.4 cm³/mol. The fourth-order valence-electron chi connectivity index (χ4n) is 1.83. The van der Waals surface area contributed by atoms with Gasteiger partial charge in [-0.2, -0.15) is 11.8 Å². The molecule has 0 fully saturated rings. The minimum Gasteiger partial charge on any atom is -0.497 e. The molecule has 1 aromatic carbocycles. The summed E-state index contributed by atoms with van der Waals surface area (Å²) in [6.07, 6.45) is 2.76. The van der Waals surface area contributed by atoms with E-state index in [1.165, 1.54) is 0 Å². The Hall–Kier alpha value is -1.53. The first-order chi connectivity index (χ1) is 10.1. The van der Waals surface area contributed by atoms with Crippen LogP contribution < -0.4 is 10.1 Å². The number of carbonyl (C=O) groups is 2. The van der Waals surface area contributed by atoms with Crippen molar-refractivity contribution in [2.24, 2.45) is 0 Å². The molecule has 0 unspecified atom stereocenters. The molecule has 0 saturated carbocycles. The molecule has 0 bridgehead atoms. The average molecular weight is 311 g/mol.